The molecule has 2 aromatic heterocycles. The number of oxazole rings is 1. The summed E-state index contributed by atoms with van der Waals surface area (Å²) in [4.78, 5) is 28.7. The highest BCUT2D eigenvalue weighted by atomic mass is 16.4. The number of rotatable bonds is 4. The number of carbonyl (C=O) groups is 1. The summed E-state index contributed by atoms with van der Waals surface area (Å²) in [6.45, 7) is 7.79. The highest BCUT2D eigenvalue weighted by Crippen LogP contribution is 2.34. The van der Waals surface area contributed by atoms with Crippen LogP contribution in [0.15, 0.2) is 47.1 Å². The zero-order chi connectivity index (χ0) is 22.2. The second kappa shape index (κ2) is 8.23. The summed E-state index contributed by atoms with van der Waals surface area (Å²) in [6.07, 6.45) is 5.07. The SMILES string of the molecule is Cc1oc(C2CC[C@@H](C)N(C(=O)c3ccccc3-c3ncccn3)C2)nc1C(C)(C)O. The number of nitrogens with zero attached hydrogens (tertiary/aromatic N) is 4. The molecule has 0 saturated carbocycles. The molecule has 0 radical (unpaired) electrons. The maximum absolute atomic E-state index is 13.6. The van der Waals surface area contributed by atoms with Crippen molar-refractivity contribution in [3.8, 4) is 11.4 Å². The predicted octanol–water partition coefficient (Wildman–Crippen LogP) is 4.08. The number of piperidine rings is 1. The third kappa shape index (κ3) is 4.23. The fourth-order valence-electron chi connectivity index (χ4n) is 4.21. The van der Waals surface area contributed by atoms with Crippen molar-refractivity contribution in [3.63, 3.8) is 0 Å². The van der Waals surface area contributed by atoms with Gasteiger partial charge in [-0.1, -0.05) is 18.2 Å². The number of carbonyl (C=O) groups excluding carboxylic acids is 1. The summed E-state index contributed by atoms with van der Waals surface area (Å²) < 4.78 is 5.91. The second-order valence-electron chi connectivity index (χ2n) is 8.71. The van der Waals surface area contributed by atoms with Crippen molar-refractivity contribution in [1.29, 1.82) is 0 Å². The van der Waals surface area contributed by atoms with Gasteiger partial charge < -0.3 is 14.4 Å². The monoisotopic (exact) mass is 420 g/mol. The third-order valence-electron chi connectivity index (χ3n) is 5.85. The molecule has 1 amide bonds. The van der Waals surface area contributed by atoms with Crippen LogP contribution in [0.2, 0.25) is 0 Å². The molecule has 7 heteroatoms. The van der Waals surface area contributed by atoms with Gasteiger partial charge in [-0.15, -0.1) is 0 Å². The van der Waals surface area contributed by atoms with Crippen molar-refractivity contribution in [3.05, 3.63) is 65.6 Å². The van der Waals surface area contributed by atoms with Crippen LogP contribution in [0.1, 0.15) is 67.2 Å². The quantitative estimate of drug-likeness (QED) is 0.684. The molecule has 1 N–H and O–H groups in total. The lowest BCUT2D eigenvalue weighted by Crippen LogP contribution is -2.45. The minimum absolute atomic E-state index is 0.0184. The lowest BCUT2D eigenvalue weighted by Gasteiger charge is -2.37. The molecule has 0 aliphatic carbocycles. The molecule has 162 valence electrons. The molecule has 31 heavy (non-hydrogen) atoms. The van der Waals surface area contributed by atoms with Crippen LogP contribution in [0.3, 0.4) is 0 Å². The van der Waals surface area contributed by atoms with Gasteiger partial charge in [-0.3, -0.25) is 4.79 Å². The van der Waals surface area contributed by atoms with Gasteiger partial charge in [0, 0.05) is 30.5 Å². The minimum atomic E-state index is -1.07. The van der Waals surface area contributed by atoms with E-state index in [0.717, 1.165) is 18.4 Å². The first-order valence-electron chi connectivity index (χ1n) is 10.6. The van der Waals surface area contributed by atoms with Crippen LogP contribution in [0.4, 0.5) is 0 Å². The Morgan fingerprint density at radius 2 is 1.87 bits per heavy atom. The van der Waals surface area contributed by atoms with Crippen molar-refractivity contribution in [2.45, 2.75) is 58.1 Å². The van der Waals surface area contributed by atoms with E-state index in [1.807, 2.05) is 36.1 Å². The van der Waals surface area contributed by atoms with Crippen molar-refractivity contribution in [2.24, 2.45) is 0 Å². The molecule has 3 heterocycles. The summed E-state index contributed by atoms with van der Waals surface area (Å²) in [5, 5.41) is 10.4. The highest BCUT2D eigenvalue weighted by molar-refractivity contribution is 6.00. The maximum Gasteiger partial charge on any atom is 0.254 e. The van der Waals surface area contributed by atoms with Crippen LogP contribution < -0.4 is 0 Å². The largest absolute Gasteiger partial charge is 0.445 e. The van der Waals surface area contributed by atoms with E-state index in [0.29, 0.717) is 35.3 Å². The Labute approximate surface area is 182 Å². The molecule has 1 aliphatic rings. The first kappa shape index (κ1) is 21.2. The molecular weight excluding hydrogens is 392 g/mol. The van der Waals surface area contributed by atoms with E-state index in [2.05, 4.69) is 21.9 Å². The fraction of sp³-hybridized carbons (Fsp3) is 0.417. The first-order valence-corrected chi connectivity index (χ1v) is 10.6. The molecule has 1 fully saturated rings. The van der Waals surface area contributed by atoms with E-state index in [9.17, 15) is 9.90 Å². The number of likely N-dealkylation sites (tertiary alicyclic amines) is 1. The predicted molar refractivity (Wildman–Crippen MR) is 116 cm³/mol. The summed E-state index contributed by atoms with van der Waals surface area (Å²) >= 11 is 0. The Hall–Kier alpha value is -3.06. The van der Waals surface area contributed by atoms with Gasteiger partial charge >= 0.3 is 0 Å². The zero-order valence-electron chi connectivity index (χ0n) is 18.4. The smallest absolute Gasteiger partial charge is 0.254 e. The normalized spacial score (nSPS) is 19.5. The summed E-state index contributed by atoms with van der Waals surface area (Å²) in [6, 6.07) is 9.30. The van der Waals surface area contributed by atoms with Crippen molar-refractivity contribution in [2.75, 3.05) is 6.54 Å². The number of aryl methyl sites for hydroxylation is 1. The van der Waals surface area contributed by atoms with Gasteiger partial charge in [-0.05, 0) is 52.7 Å². The van der Waals surface area contributed by atoms with Gasteiger partial charge in [0.05, 0.1) is 11.5 Å². The molecule has 3 aromatic rings. The average Bonchev–Trinajstić information content (AvgIpc) is 3.16. The number of aromatic nitrogens is 3. The van der Waals surface area contributed by atoms with Crippen molar-refractivity contribution >= 4 is 5.91 Å². The van der Waals surface area contributed by atoms with Crippen LogP contribution in [0.25, 0.3) is 11.4 Å². The standard InChI is InChI=1S/C24H28N4O3/c1-15-10-11-17(22-27-20(16(2)31-22)24(3,4)30)14-28(15)23(29)19-9-6-5-8-18(19)21-25-12-7-13-26-21/h5-9,12-13,15,17,30H,10-11,14H2,1-4H3/t15-,17?/m1/s1. The first-order chi connectivity index (χ1) is 14.8. The van der Waals surface area contributed by atoms with Gasteiger partial charge in [0.1, 0.15) is 17.1 Å². The Bertz CT molecular complexity index is 1070. The van der Waals surface area contributed by atoms with Crippen molar-refractivity contribution < 1.29 is 14.3 Å². The van der Waals surface area contributed by atoms with E-state index in [1.165, 1.54) is 0 Å². The number of aliphatic hydroxyl groups is 1. The van der Waals surface area contributed by atoms with E-state index < -0.39 is 5.60 Å². The molecule has 2 atom stereocenters. The van der Waals surface area contributed by atoms with Crippen LogP contribution >= 0.6 is 0 Å². The zero-order valence-corrected chi connectivity index (χ0v) is 18.4. The third-order valence-corrected chi connectivity index (χ3v) is 5.85. The Morgan fingerprint density at radius 3 is 2.55 bits per heavy atom. The van der Waals surface area contributed by atoms with E-state index in [1.54, 1.807) is 32.3 Å². The van der Waals surface area contributed by atoms with Gasteiger partial charge in [0.25, 0.3) is 5.91 Å². The lowest BCUT2D eigenvalue weighted by atomic mass is 9.92. The van der Waals surface area contributed by atoms with E-state index >= 15 is 0 Å². The molecule has 1 aromatic carbocycles. The van der Waals surface area contributed by atoms with E-state index in [4.69, 9.17) is 4.42 Å². The van der Waals surface area contributed by atoms with E-state index in [-0.39, 0.29) is 17.9 Å². The fourth-order valence-corrected chi connectivity index (χ4v) is 4.21. The Kier molecular flexibility index (Phi) is 5.62. The van der Waals surface area contributed by atoms with Crippen LogP contribution in [-0.4, -0.2) is 43.5 Å². The number of benzene rings is 1. The summed E-state index contributed by atoms with van der Waals surface area (Å²) in [5.74, 6) is 1.66. The van der Waals surface area contributed by atoms with Crippen LogP contribution in [0.5, 0.6) is 0 Å². The topological polar surface area (TPSA) is 92.4 Å². The molecular formula is C24H28N4O3. The van der Waals surface area contributed by atoms with Gasteiger partial charge in [0.15, 0.2) is 11.7 Å². The maximum atomic E-state index is 13.6. The molecule has 1 saturated heterocycles. The lowest BCUT2D eigenvalue weighted by molar-refractivity contribution is 0.0595. The second-order valence-corrected chi connectivity index (χ2v) is 8.71. The van der Waals surface area contributed by atoms with Crippen molar-refractivity contribution in [1.82, 2.24) is 19.9 Å². The number of amides is 1. The van der Waals surface area contributed by atoms with Crippen LogP contribution in [-0.2, 0) is 5.60 Å². The van der Waals surface area contributed by atoms with Gasteiger partial charge in [-0.25, -0.2) is 15.0 Å². The Balaban J connectivity index is 1.63. The van der Waals surface area contributed by atoms with Gasteiger partial charge in [-0.2, -0.15) is 0 Å². The molecule has 7 nitrogen and oxygen atoms in total. The summed E-state index contributed by atoms with van der Waals surface area (Å²) in [5.41, 5.74) is 0.781. The highest BCUT2D eigenvalue weighted by Gasteiger charge is 2.35. The summed E-state index contributed by atoms with van der Waals surface area (Å²) in [7, 11) is 0. The molecule has 0 spiro atoms. The number of hydrogen-bond acceptors (Lipinski definition) is 6. The molecule has 0 bridgehead atoms. The minimum Gasteiger partial charge on any atom is -0.445 e. The average molecular weight is 421 g/mol. The molecule has 1 aliphatic heterocycles. The Morgan fingerprint density at radius 1 is 1.16 bits per heavy atom. The van der Waals surface area contributed by atoms with Gasteiger partial charge in [0.2, 0.25) is 0 Å². The molecule has 1 unspecified atom stereocenters. The molecule has 4 rings (SSSR count). The number of hydrogen-bond donors (Lipinski definition) is 1. The van der Waals surface area contributed by atoms with Crippen LogP contribution in [0, 0.1) is 6.92 Å².